The highest BCUT2D eigenvalue weighted by molar-refractivity contribution is 5.89. The van der Waals surface area contributed by atoms with E-state index in [0.717, 1.165) is 47.0 Å². The minimum Gasteiger partial charge on any atom is -0.508 e. The third kappa shape index (κ3) is 3.81. The van der Waals surface area contributed by atoms with Crippen LogP contribution in [0.5, 0.6) is 11.5 Å². The van der Waals surface area contributed by atoms with Gasteiger partial charge >= 0.3 is 0 Å². The van der Waals surface area contributed by atoms with E-state index in [2.05, 4.69) is 78.1 Å². The number of hydrogen-bond donors (Lipinski definition) is 2. The lowest BCUT2D eigenvalue weighted by Crippen LogP contribution is -2.29. The first-order chi connectivity index (χ1) is 16.8. The average molecular weight is 448 g/mol. The van der Waals surface area contributed by atoms with Crippen LogP contribution in [-0.4, -0.2) is 11.7 Å². The maximum Gasteiger partial charge on any atom is 0.121 e. The summed E-state index contributed by atoms with van der Waals surface area (Å²) in [5, 5.41) is 16.9. The summed E-state index contributed by atoms with van der Waals surface area (Å²) in [7, 11) is 0. The van der Waals surface area contributed by atoms with Gasteiger partial charge in [-0.25, -0.2) is 0 Å². The largest absolute Gasteiger partial charge is 0.508 e. The van der Waals surface area contributed by atoms with Crippen LogP contribution in [0.3, 0.4) is 0 Å². The van der Waals surface area contributed by atoms with E-state index >= 15 is 0 Å². The lowest BCUT2D eigenvalue weighted by Gasteiger charge is -2.38. The van der Waals surface area contributed by atoms with E-state index in [1.54, 1.807) is 0 Å². The summed E-state index contributed by atoms with van der Waals surface area (Å²) in [6, 6.07) is 29.2. The van der Waals surface area contributed by atoms with Crippen LogP contribution in [0.15, 0.2) is 97.1 Å². The molecule has 170 valence electrons. The van der Waals surface area contributed by atoms with Gasteiger partial charge in [0.25, 0.3) is 0 Å². The zero-order valence-electron chi connectivity index (χ0n) is 19.2. The van der Waals surface area contributed by atoms with Gasteiger partial charge in [0, 0.05) is 17.2 Å². The molecule has 0 saturated carbocycles. The highest BCUT2D eigenvalue weighted by Gasteiger charge is 2.39. The minimum absolute atomic E-state index is 0.0521. The second-order valence-electron chi connectivity index (χ2n) is 9.38. The van der Waals surface area contributed by atoms with Gasteiger partial charge in [0.1, 0.15) is 11.5 Å². The molecule has 3 heteroatoms. The van der Waals surface area contributed by atoms with Crippen LogP contribution in [0.1, 0.15) is 41.5 Å². The predicted octanol–water partition coefficient (Wildman–Crippen LogP) is 7.38. The molecule has 4 aromatic rings. The Labute approximate surface area is 200 Å². The van der Waals surface area contributed by atoms with Crippen LogP contribution < -0.4 is 10.1 Å². The Kier molecular flexibility index (Phi) is 5.46. The molecular weight excluding hydrogens is 418 g/mol. The lowest BCUT2D eigenvalue weighted by atomic mass is 9.76. The van der Waals surface area contributed by atoms with E-state index in [9.17, 15) is 5.11 Å². The van der Waals surface area contributed by atoms with Crippen LogP contribution >= 0.6 is 0 Å². The number of allylic oxidation sites excluding steroid dienone is 2. The molecule has 0 spiro atoms. The molecule has 0 amide bonds. The van der Waals surface area contributed by atoms with Crippen LogP contribution in [0.2, 0.25) is 0 Å². The van der Waals surface area contributed by atoms with Crippen LogP contribution in [0.25, 0.3) is 10.8 Å². The number of rotatable bonds is 6. The maximum atomic E-state index is 10.9. The first-order valence-electron chi connectivity index (χ1n) is 12.2. The van der Waals surface area contributed by atoms with Crippen molar-refractivity contribution in [2.75, 3.05) is 11.9 Å². The van der Waals surface area contributed by atoms with Crippen molar-refractivity contribution in [2.45, 2.75) is 31.2 Å². The van der Waals surface area contributed by atoms with Crippen LogP contribution in [-0.2, 0) is 6.42 Å². The summed E-state index contributed by atoms with van der Waals surface area (Å²) in [4.78, 5) is 0. The Morgan fingerprint density at radius 1 is 0.912 bits per heavy atom. The van der Waals surface area contributed by atoms with Crippen LogP contribution in [0, 0.1) is 5.92 Å². The number of fused-ring (bicyclic) bond motifs is 4. The Hall–Kier alpha value is -3.72. The smallest absolute Gasteiger partial charge is 0.121 e. The van der Waals surface area contributed by atoms with Gasteiger partial charge in [0.2, 0.25) is 0 Å². The minimum atomic E-state index is 0.0521. The van der Waals surface area contributed by atoms with Gasteiger partial charge < -0.3 is 15.2 Å². The van der Waals surface area contributed by atoms with Gasteiger partial charge in [0.15, 0.2) is 0 Å². The molecule has 0 fully saturated rings. The number of nitrogens with one attached hydrogen (secondary N) is 1. The summed E-state index contributed by atoms with van der Waals surface area (Å²) in [6.45, 7) is 0.706. The summed E-state index contributed by atoms with van der Waals surface area (Å²) < 4.78 is 6.14. The van der Waals surface area contributed by atoms with E-state index in [4.69, 9.17) is 4.74 Å². The fourth-order valence-corrected chi connectivity index (χ4v) is 5.67. The number of aromatic hydroxyl groups is 1. The molecule has 0 radical (unpaired) electrons. The summed E-state index contributed by atoms with van der Waals surface area (Å²) in [6.07, 6.45) is 7.63. The van der Waals surface area contributed by atoms with Gasteiger partial charge in [-0.05, 0) is 71.3 Å². The van der Waals surface area contributed by atoms with Gasteiger partial charge in [0.05, 0.1) is 12.6 Å². The molecule has 3 nitrogen and oxygen atoms in total. The van der Waals surface area contributed by atoms with E-state index in [0.29, 0.717) is 24.2 Å². The van der Waals surface area contributed by atoms with Gasteiger partial charge in [-0.3, -0.25) is 0 Å². The summed E-state index contributed by atoms with van der Waals surface area (Å²) in [5.41, 5.74) is 4.77. The molecule has 1 aliphatic heterocycles. The number of phenols is 1. The fourth-order valence-electron chi connectivity index (χ4n) is 5.67. The van der Waals surface area contributed by atoms with Crippen molar-refractivity contribution < 1.29 is 9.84 Å². The van der Waals surface area contributed by atoms with Crippen molar-refractivity contribution in [2.24, 2.45) is 5.92 Å². The van der Waals surface area contributed by atoms with E-state index < -0.39 is 0 Å². The standard InChI is InChI=1S/C31H29NO2/c33-29-18-15-22-11-4-5-12-24(22)30(29)31-26-14-6-13-25(26)27-20-23(16-17-28(27)32-31)34-19-7-10-21-8-2-1-3-9-21/h1-6,8-9,11-13,15-18,20,25-26,31-33H,7,10,14,19H2. The maximum absolute atomic E-state index is 10.9. The highest BCUT2D eigenvalue weighted by atomic mass is 16.5. The topological polar surface area (TPSA) is 41.5 Å². The normalized spacial score (nSPS) is 20.5. The Bertz CT molecular complexity index is 1340. The SMILES string of the molecule is Oc1ccc2ccccc2c1C1Nc2ccc(OCCCc3ccccc3)cc2C2C=CCC21. The number of ether oxygens (including phenoxy) is 1. The Balaban J connectivity index is 1.24. The van der Waals surface area contributed by atoms with Gasteiger partial charge in [-0.1, -0.05) is 72.8 Å². The molecule has 4 aromatic carbocycles. The Morgan fingerprint density at radius 3 is 2.68 bits per heavy atom. The molecule has 1 aliphatic carbocycles. The number of aryl methyl sites for hydroxylation is 1. The van der Waals surface area contributed by atoms with Gasteiger partial charge in [-0.2, -0.15) is 0 Å². The van der Waals surface area contributed by atoms with E-state index in [1.807, 2.05) is 24.3 Å². The van der Waals surface area contributed by atoms with Crippen molar-refractivity contribution in [3.8, 4) is 11.5 Å². The molecule has 3 atom stereocenters. The molecule has 34 heavy (non-hydrogen) atoms. The van der Waals surface area contributed by atoms with Gasteiger partial charge in [-0.15, -0.1) is 0 Å². The van der Waals surface area contributed by atoms with Crippen molar-refractivity contribution in [1.82, 2.24) is 0 Å². The molecule has 2 N–H and O–H groups in total. The summed E-state index contributed by atoms with van der Waals surface area (Å²) >= 11 is 0. The van der Waals surface area contributed by atoms with Crippen LogP contribution in [0.4, 0.5) is 5.69 Å². The third-order valence-electron chi connectivity index (χ3n) is 7.31. The van der Waals surface area contributed by atoms with E-state index in [1.165, 1.54) is 11.1 Å². The highest BCUT2D eigenvalue weighted by Crippen LogP contribution is 2.52. The fraction of sp³-hybridized carbons (Fsp3) is 0.226. The zero-order valence-corrected chi connectivity index (χ0v) is 19.2. The molecule has 0 bridgehead atoms. The third-order valence-corrected chi connectivity index (χ3v) is 7.31. The first kappa shape index (κ1) is 20.9. The second-order valence-corrected chi connectivity index (χ2v) is 9.38. The zero-order chi connectivity index (χ0) is 22.9. The number of phenolic OH excluding ortho intramolecular Hbond substituents is 1. The number of benzene rings is 4. The lowest BCUT2D eigenvalue weighted by molar-refractivity contribution is 0.310. The van der Waals surface area contributed by atoms with Crippen molar-refractivity contribution >= 4 is 16.5 Å². The number of hydrogen-bond acceptors (Lipinski definition) is 3. The molecule has 0 aromatic heterocycles. The van der Waals surface area contributed by atoms with Crippen molar-refractivity contribution in [3.05, 3.63) is 114 Å². The molecule has 1 heterocycles. The van der Waals surface area contributed by atoms with Crippen molar-refractivity contribution in [1.29, 1.82) is 0 Å². The molecular formula is C31H29NO2. The average Bonchev–Trinajstić information content (AvgIpc) is 3.38. The first-order valence-corrected chi connectivity index (χ1v) is 12.2. The van der Waals surface area contributed by atoms with Crippen molar-refractivity contribution in [3.63, 3.8) is 0 Å². The molecule has 2 aliphatic rings. The monoisotopic (exact) mass is 447 g/mol. The quantitative estimate of drug-likeness (QED) is 0.239. The number of anilines is 1. The molecule has 0 saturated heterocycles. The predicted molar refractivity (Wildman–Crippen MR) is 139 cm³/mol. The molecule has 3 unspecified atom stereocenters. The molecule has 6 rings (SSSR count). The summed E-state index contributed by atoms with van der Waals surface area (Å²) in [5.74, 6) is 1.97. The second kappa shape index (κ2) is 8.90. The van der Waals surface area contributed by atoms with E-state index in [-0.39, 0.29) is 6.04 Å². The Morgan fingerprint density at radius 2 is 1.76 bits per heavy atom.